The van der Waals surface area contributed by atoms with Gasteiger partial charge < -0.3 is 10.3 Å². The largest absolute Gasteiger partial charge is 0.455 e. The van der Waals surface area contributed by atoms with Crippen LogP contribution in [-0.2, 0) is 0 Å². The molecule has 0 unspecified atom stereocenters. The number of nitrogen functional groups attached to an aromatic ring is 1. The lowest BCUT2D eigenvalue weighted by Crippen LogP contribution is -2.13. The van der Waals surface area contributed by atoms with Crippen molar-refractivity contribution < 1.29 is 4.42 Å². The summed E-state index contributed by atoms with van der Waals surface area (Å²) in [4.78, 5) is 0. The first-order chi connectivity index (χ1) is 10.6. The number of benzene rings is 1. The lowest BCUT2D eigenvalue weighted by atomic mass is 10.2. The van der Waals surface area contributed by atoms with Crippen LogP contribution in [0.25, 0.3) is 11.3 Å². The molecule has 0 fully saturated rings. The standard InChI is InChI=1S/C14H13BrN6O.2ClH/c1-9-18-20-14(21(9)16)19-17-8-12-6-7-13(22-12)10-2-4-11(15)5-3-10;;/h2-8H,16H2,1H3,(H,19,20);2*1H. The molecule has 3 N–H and O–H groups in total. The molecular formula is C14H15BrCl2N6O. The van der Waals surface area contributed by atoms with Crippen molar-refractivity contribution in [2.45, 2.75) is 6.92 Å². The topological polar surface area (TPSA) is 94.3 Å². The summed E-state index contributed by atoms with van der Waals surface area (Å²) in [5.41, 5.74) is 3.70. The highest BCUT2D eigenvalue weighted by atomic mass is 79.9. The number of anilines is 1. The first-order valence-corrected chi connectivity index (χ1v) is 7.25. The van der Waals surface area contributed by atoms with Crippen molar-refractivity contribution >= 4 is 52.9 Å². The van der Waals surface area contributed by atoms with Gasteiger partial charge in [0.25, 0.3) is 5.95 Å². The summed E-state index contributed by atoms with van der Waals surface area (Å²) in [7, 11) is 0. The Balaban J connectivity index is 0.00000144. The van der Waals surface area contributed by atoms with Gasteiger partial charge in [-0.25, -0.2) is 10.1 Å². The summed E-state index contributed by atoms with van der Waals surface area (Å²) in [6.07, 6.45) is 1.55. The molecule has 0 atom stereocenters. The van der Waals surface area contributed by atoms with Crippen molar-refractivity contribution in [3.05, 3.63) is 52.5 Å². The molecule has 7 nitrogen and oxygen atoms in total. The van der Waals surface area contributed by atoms with E-state index in [1.807, 2.05) is 36.4 Å². The average Bonchev–Trinajstić information content (AvgIpc) is 3.10. The molecule has 0 saturated heterocycles. The second kappa shape index (κ2) is 8.72. The zero-order valence-corrected chi connectivity index (χ0v) is 15.7. The van der Waals surface area contributed by atoms with Gasteiger partial charge in [0.15, 0.2) is 5.82 Å². The van der Waals surface area contributed by atoms with E-state index >= 15 is 0 Å². The summed E-state index contributed by atoms with van der Waals surface area (Å²) in [5, 5.41) is 11.7. The van der Waals surface area contributed by atoms with E-state index in [4.69, 9.17) is 10.3 Å². The maximum absolute atomic E-state index is 5.70. The van der Waals surface area contributed by atoms with Gasteiger partial charge in [-0.15, -0.1) is 35.0 Å². The molecule has 2 heterocycles. The van der Waals surface area contributed by atoms with E-state index in [1.54, 1.807) is 13.1 Å². The minimum absolute atomic E-state index is 0. The second-order valence-corrected chi connectivity index (χ2v) is 5.44. The lowest BCUT2D eigenvalue weighted by Gasteiger charge is -1.98. The van der Waals surface area contributed by atoms with Crippen LogP contribution in [0.2, 0.25) is 0 Å². The van der Waals surface area contributed by atoms with Crippen molar-refractivity contribution in [3.63, 3.8) is 0 Å². The van der Waals surface area contributed by atoms with Crippen LogP contribution < -0.4 is 11.3 Å². The number of halogens is 3. The Bertz CT molecular complexity index is 815. The number of aryl methyl sites for hydroxylation is 1. The van der Waals surface area contributed by atoms with Gasteiger partial charge in [-0.1, -0.05) is 28.1 Å². The molecule has 0 amide bonds. The van der Waals surface area contributed by atoms with Crippen molar-refractivity contribution in [2.24, 2.45) is 5.10 Å². The molecule has 3 aromatic rings. The number of aromatic nitrogens is 3. The van der Waals surface area contributed by atoms with Crippen LogP contribution in [0.15, 0.2) is 50.4 Å². The maximum atomic E-state index is 5.70. The Morgan fingerprint density at radius 1 is 1.17 bits per heavy atom. The number of rotatable bonds is 4. The predicted molar refractivity (Wildman–Crippen MR) is 102 cm³/mol. The normalized spacial score (nSPS) is 10.2. The Hall–Kier alpha value is -2.03. The number of hydrogen-bond acceptors (Lipinski definition) is 6. The molecule has 0 aliphatic carbocycles. The van der Waals surface area contributed by atoms with Gasteiger partial charge in [-0.2, -0.15) is 5.10 Å². The second-order valence-electron chi connectivity index (χ2n) is 4.52. The van der Waals surface area contributed by atoms with Gasteiger partial charge in [-0.05, 0) is 31.2 Å². The summed E-state index contributed by atoms with van der Waals surface area (Å²) in [6.45, 7) is 1.75. The van der Waals surface area contributed by atoms with Crippen LogP contribution in [0.3, 0.4) is 0 Å². The SMILES string of the molecule is Cc1nnc(NN=Cc2ccc(-c3ccc(Br)cc3)o2)n1N.Cl.Cl. The third-order valence-electron chi connectivity index (χ3n) is 2.98. The Kier molecular flexibility index (Phi) is 7.27. The number of nitrogens with two attached hydrogens (primary N) is 1. The fraction of sp³-hybridized carbons (Fsp3) is 0.0714. The highest BCUT2D eigenvalue weighted by molar-refractivity contribution is 9.10. The van der Waals surface area contributed by atoms with Crippen molar-refractivity contribution in [1.29, 1.82) is 0 Å². The van der Waals surface area contributed by atoms with Gasteiger partial charge in [-0.3, -0.25) is 0 Å². The molecule has 3 rings (SSSR count). The smallest absolute Gasteiger partial charge is 0.263 e. The van der Waals surface area contributed by atoms with Crippen LogP contribution >= 0.6 is 40.7 Å². The lowest BCUT2D eigenvalue weighted by molar-refractivity contribution is 0.575. The van der Waals surface area contributed by atoms with Crippen molar-refractivity contribution in [1.82, 2.24) is 14.9 Å². The first-order valence-electron chi connectivity index (χ1n) is 6.45. The molecule has 1 aromatic carbocycles. The van der Waals surface area contributed by atoms with Crippen LogP contribution in [-0.4, -0.2) is 21.1 Å². The van der Waals surface area contributed by atoms with Gasteiger partial charge in [0.2, 0.25) is 0 Å². The van der Waals surface area contributed by atoms with Crippen LogP contribution in [0, 0.1) is 6.92 Å². The maximum Gasteiger partial charge on any atom is 0.263 e. The van der Waals surface area contributed by atoms with E-state index < -0.39 is 0 Å². The van der Waals surface area contributed by atoms with Gasteiger partial charge in [0.1, 0.15) is 11.5 Å². The Morgan fingerprint density at radius 2 is 1.88 bits per heavy atom. The minimum Gasteiger partial charge on any atom is -0.455 e. The molecule has 0 saturated carbocycles. The number of nitrogens with zero attached hydrogens (tertiary/aromatic N) is 4. The Labute approximate surface area is 159 Å². The van der Waals surface area contributed by atoms with Crippen LogP contribution in [0.5, 0.6) is 0 Å². The predicted octanol–water partition coefficient (Wildman–Crippen LogP) is 3.61. The fourth-order valence-electron chi connectivity index (χ4n) is 1.79. The molecule has 2 aromatic heterocycles. The zero-order valence-electron chi connectivity index (χ0n) is 12.5. The molecule has 0 spiro atoms. The van der Waals surface area contributed by atoms with E-state index in [2.05, 4.69) is 36.7 Å². The van der Waals surface area contributed by atoms with Gasteiger partial charge >= 0.3 is 0 Å². The molecule has 0 radical (unpaired) electrons. The number of hydrazone groups is 1. The molecule has 24 heavy (non-hydrogen) atoms. The molecule has 0 bridgehead atoms. The third-order valence-corrected chi connectivity index (χ3v) is 3.51. The molecule has 0 aliphatic heterocycles. The quantitative estimate of drug-likeness (QED) is 0.372. The minimum atomic E-state index is 0. The van der Waals surface area contributed by atoms with E-state index in [-0.39, 0.29) is 24.8 Å². The van der Waals surface area contributed by atoms with Crippen LogP contribution in [0.1, 0.15) is 11.6 Å². The summed E-state index contributed by atoms with van der Waals surface area (Å²) in [6, 6.07) is 11.6. The first kappa shape index (κ1) is 20.0. The fourth-order valence-corrected chi connectivity index (χ4v) is 2.06. The van der Waals surface area contributed by atoms with Gasteiger partial charge in [0, 0.05) is 10.0 Å². The highest BCUT2D eigenvalue weighted by Crippen LogP contribution is 2.23. The number of hydrogen-bond donors (Lipinski definition) is 2. The number of nitrogens with one attached hydrogen (secondary N) is 1. The van der Waals surface area contributed by atoms with Crippen LogP contribution in [0.4, 0.5) is 5.95 Å². The summed E-state index contributed by atoms with van der Waals surface area (Å²) in [5.74, 6) is 8.03. The van der Waals surface area contributed by atoms with Crippen molar-refractivity contribution in [3.8, 4) is 11.3 Å². The van der Waals surface area contributed by atoms with E-state index in [0.29, 0.717) is 17.5 Å². The average molecular weight is 434 g/mol. The van der Waals surface area contributed by atoms with Gasteiger partial charge in [0.05, 0.1) is 6.21 Å². The van der Waals surface area contributed by atoms with E-state index in [9.17, 15) is 0 Å². The van der Waals surface area contributed by atoms with Crippen molar-refractivity contribution in [2.75, 3.05) is 11.3 Å². The third kappa shape index (κ3) is 4.50. The van der Waals surface area contributed by atoms with E-state index in [1.165, 1.54) is 4.68 Å². The number of furan rings is 1. The highest BCUT2D eigenvalue weighted by Gasteiger charge is 2.05. The molecule has 128 valence electrons. The molecular weight excluding hydrogens is 419 g/mol. The zero-order chi connectivity index (χ0) is 15.5. The molecule has 0 aliphatic rings. The monoisotopic (exact) mass is 432 g/mol. The summed E-state index contributed by atoms with van der Waals surface area (Å²) < 4.78 is 8.04. The molecule has 10 heteroatoms. The Morgan fingerprint density at radius 3 is 2.50 bits per heavy atom. The van der Waals surface area contributed by atoms with E-state index in [0.717, 1.165) is 15.8 Å². The summed E-state index contributed by atoms with van der Waals surface area (Å²) >= 11 is 3.40.